The first kappa shape index (κ1) is 13.9. The molecule has 112 valence electrons. The normalized spacial score (nSPS) is 19.7. The summed E-state index contributed by atoms with van der Waals surface area (Å²) in [5.41, 5.74) is 6.70. The summed E-state index contributed by atoms with van der Waals surface area (Å²) in [6.45, 7) is 6.24. The van der Waals surface area contributed by atoms with Gasteiger partial charge in [0.1, 0.15) is 11.6 Å². The van der Waals surface area contributed by atoms with E-state index in [1.54, 1.807) is 22.6 Å². The molecule has 0 radical (unpaired) electrons. The number of hydrogen-bond donors (Lipinski definition) is 2. The molecular formula is C15H20N4O2. The molecule has 2 aromatic rings. The number of carboxylic acid groups (broad SMARTS) is 1. The number of carboxylic acids is 1. The fourth-order valence-electron chi connectivity index (χ4n) is 3.09. The second-order valence-corrected chi connectivity index (χ2v) is 5.87. The highest BCUT2D eigenvalue weighted by Gasteiger charge is 2.30. The van der Waals surface area contributed by atoms with Crippen molar-refractivity contribution in [2.75, 3.05) is 18.8 Å². The minimum absolute atomic E-state index is 0.0836. The fourth-order valence-corrected chi connectivity index (χ4v) is 3.09. The first-order valence-electron chi connectivity index (χ1n) is 7.23. The van der Waals surface area contributed by atoms with Gasteiger partial charge in [-0.25, -0.2) is 9.78 Å². The Kier molecular flexibility index (Phi) is 3.33. The first-order valence-corrected chi connectivity index (χ1v) is 7.23. The lowest BCUT2D eigenvalue weighted by Gasteiger charge is -2.20. The van der Waals surface area contributed by atoms with E-state index >= 15 is 0 Å². The van der Waals surface area contributed by atoms with Gasteiger partial charge in [-0.1, -0.05) is 6.07 Å². The van der Waals surface area contributed by atoms with Crippen molar-refractivity contribution in [2.45, 2.75) is 32.2 Å². The summed E-state index contributed by atoms with van der Waals surface area (Å²) in [5.74, 6) is 0.509. The SMILES string of the molecule is CC(C)N1CCC(c2nc(C(=O)O)c3cccc(N)n23)C1. The van der Waals surface area contributed by atoms with E-state index in [0.717, 1.165) is 25.3 Å². The van der Waals surface area contributed by atoms with Crippen molar-refractivity contribution in [2.24, 2.45) is 0 Å². The van der Waals surface area contributed by atoms with Crippen LogP contribution in [-0.4, -0.2) is 44.5 Å². The van der Waals surface area contributed by atoms with Gasteiger partial charge in [-0.15, -0.1) is 0 Å². The van der Waals surface area contributed by atoms with Gasteiger partial charge in [-0.3, -0.25) is 4.40 Å². The molecular weight excluding hydrogens is 268 g/mol. The molecule has 1 atom stereocenters. The summed E-state index contributed by atoms with van der Waals surface area (Å²) in [4.78, 5) is 18.2. The van der Waals surface area contributed by atoms with Crippen LogP contribution in [0.2, 0.25) is 0 Å². The predicted molar refractivity (Wildman–Crippen MR) is 80.6 cm³/mol. The summed E-state index contributed by atoms with van der Waals surface area (Å²) < 4.78 is 1.79. The van der Waals surface area contributed by atoms with Crippen LogP contribution in [-0.2, 0) is 0 Å². The Hall–Kier alpha value is -2.08. The van der Waals surface area contributed by atoms with Crippen LogP contribution in [0.15, 0.2) is 18.2 Å². The van der Waals surface area contributed by atoms with Crippen molar-refractivity contribution in [3.8, 4) is 0 Å². The molecule has 1 saturated heterocycles. The standard InChI is InChI=1S/C15H20N4O2/c1-9(2)18-7-6-10(8-18)14-17-13(15(20)21)11-4-3-5-12(16)19(11)14/h3-5,9-10H,6-8,16H2,1-2H3,(H,20,21). The minimum atomic E-state index is -1.01. The van der Waals surface area contributed by atoms with Crippen molar-refractivity contribution in [3.63, 3.8) is 0 Å². The van der Waals surface area contributed by atoms with E-state index in [2.05, 4.69) is 23.7 Å². The molecule has 0 spiro atoms. The number of rotatable bonds is 3. The molecule has 2 aromatic heterocycles. The quantitative estimate of drug-likeness (QED) is 0.900. The Balaban J connectivity index is 2.09. The van der Waals surface area contributed by atoms with Crippen molar-refractivity contribution in [1.82, 2.24) is 14.3 Å². The van der Waals surface area contributed by atoms with Gasteiger partial charge in [0.15, 0.2) is 5.69 Å². The summed E-state index contributed by atoms with van der Waals surface area (Å²) in [6, 6.07) is 5.78. The smallest absolute Gasteiger partial charge is 0.356 e. The van der Waals surface area contributed by atoms with Crippen LogP contribution in [0.5, 0.6) is 0 Å². The molecule has 1 aliphatic rings. The van der Waals surface area contributed by atoms with Gasteiger partial charge in [0, 0.05) is 18.5 Å². The van der Waals surface area contributed by atoms with Crippen LogP contribution in [0.1, 0.15) is 42.5 Å². The maximum atomic E-state index is 11.4. The molecule has 0 saturated carbocycles. The van der Waals surface area contributed by atoms with Crippen LogP contribution in [0.3, 0.4) is 0 Å². The minimum Gasteiger partial charge on any atom is -0.476 e. The number of nitrogens with zero attached hydrogens (tertiary/aromatic N) is 3. The molecule has 21 heavy (non-hydrogen) atoms. The van der Waals surface area contributed by atoms with Gasteiger partial charge in [-0.05, 0) is 38.9 Å². The number of likely N-dealkylation sites (tertiary alicyclic amines) is 1. The van der Waals surface area contributed by atoms with Gasteiger partial charge >= 0.3 is 5.97 Å². The average Bonchev–Trinajstić information content (AvgIpc) is 3.03. The van der Waals surface area contributed by atoms with E-state index in [1.807, 2.05) is 0 Å². The van der Waals surface area contributed by atoms with Gasteiger partial charge in [-0.2, -0.15) is 0 Å². The monoisotopic (exact) mass is 288 g/mol. The lowest BCUT2D eigenvalue weighted by atomic mass is 10.1. The van der Waals surface area contributed by atoms with E-state index in [1.165, 1.54) is 0 Å². The van der Waals surface area contributed by atoms with Crippen LogP contribution < -0.4 is 5.73 Å². The van der Waals surface area contributed by atoms with E-state index in [9.17, 15) is 9.90 Å². The molecule has 1 aliphatic heterocycles. The van der Waals surface area contributed by atoms with Crippen LogP contribution >= 0.6 is 0 Å². The maximum Gasteiger partial charge on any atom is 0.356 e. The van der Waals surface area contributed by atoms with E-state index in [4.69, 9.17) is 5.73 Å². The third-order valence-electron chi connectivity index (χ3n) is 4.24. The topological polar surface area (TPSA) is 83.9 Å². The highest BCUT2D eigenvalue weighted by Crippen LogP contribution is 2.30. The number of aromatic nitrogens is 2. The van der Waals surface area contributed by atoms with Crippen molar-refractivity contribution < 1.29 is 9.90 Å². The number of nitrogen functional groups attached to an aromatic ring is 1. The zero-order valence-corrected chi connectivity index (χ0v) is 12.3. The lowest BCUT2D eigenvalue weighted by Crippen LogP contribution is -2.28. The predicted octanol–water partition coefficient (Wildman–Crippen LogP) is 1.81. The number of aromatic carboxylic acids is 1. The number of anilines is 1. The number of carbonyl (C=O) groups is 1. The maximum absolute atomic E-state index is 11.4. The van der Waals surface area contributed by atoms with E-state index in [0.29, 0.717) is 17.4 Å². The second kappa shape index (κ2) is 5.04. The average molecular weight is 288 g/mol. The number of hydrogen-bond acceptors (Lipinski definition) is 4. The molecule has 6 nitrogen and oxygen atoms in total. The van der Waals surface area contributed by atoms with E-state index in [-0.39, 0.29) is 11.6 Å². The Morgan fingerprint density at radius 1 is 1.48 bits per heavy atom. The van der Waals surface area contributed by atoms with Gasteiger partial charge in [0.2, 0.25) is 0 Å². The summed E-state index contributed by atoms with van der Waals surface area (Å²) in [7, 11) is 0. The molecule has 3 N–H and O–H groups in total. The molecule has 0 aromatic carbocycles. The highest BCUT2D eigenvalue weighted by atomic mass is 16.4. The lowest BCUT2D eigenvalue weighted by molar-refractivity contribution is 0.0693. The Morgan fingerprint density at radius 2 is 2.24 bits per heavy atom. The molecule has 0 amide bonds. The number of pyridine rings is 1. The fraction of sp³-hybridized carbons (Fsp3) is 0.467. The number of nitrogens with two attached hydrogens (primary N) is 1. The molecule has 1 fully saturated rings. The Labute approximate surface area is 123 Å². The summed E-state index contributed by atoms with van der Waals surface area (Å²) in [5, 5.41) is 9.34. The molecule has 3 heterocycles. The summed E-state index contributed by atoms with van der Waals surface area (Å²) >= 11 is 0. The number of fused-ring (bicyclic) bond motifs is 1. The third-order valence-corrected chi connectivity index (χ3v) is 4.24. The Morgan fingerprint density at radius 3 is 2.86 bits per heavy atom. The molecule has 6 heteroatoms. The summed E-state index contributed by atoms with van der Waals surface area (Å²) in [6.07, 6.45) is 0.977. The van der Waals surface area contributed by atoms with Crippen molar-refractivity contribution >= 4 is 17.3 Å². The van der Waals surface area contributed by atoms with Gasteiger partial charge < -0.3 is 15.7 Å². The zero-order chi connectivity index (χ0) is 15.1. The van der Waals surface area contributed by atoms with Crippen molar-refractivity contribution in [1.29, 1.82) is 0 Å². The molecule has 1 unspecified atom stereocenters. The Bertz CT molecular complexity index is 692. The third kappa shape index (κ3) is 2.25. The van der Waals surface area contributed by atoms with Crippen LogP contribution in [0.25, 0.3) is 5.52 Å². The number of imidazole rings is 1. The van der Waals surface area contributed by atoms with E-state index < -0.39 is 5.97 Å². The zero-order valence-electron chi connectivity index (χ0n) is 12.3. The van der Waals surface area contributed by atoms with Crippen LogP contribution in [0.4, 0.5) is 5.82 Å². The van der Waals surface area contributed by atoms with Crippen LogP contribution in [0, 0.1) is 0 Å². The highest BCUT2D eigenvalue weighted by molar-refractivity contribution is 5.94. The van der Waals surface area contributed by atoms with Crippen molar-refractivity contribution in [3.05, 3.63) is 29.7 Å². The molecule has 0 aliphatic carbocycles. The second-order valence-electron chi connectivity index (χ2n) is 5.87. The largest absolute Gasteiger partial charge is 0.476 e. The molecule has 0 bridgehead atoms. The van der Waals surface area contributed by atoms with Gasteiger partial charge in [0.05, 0.1) is 5.52 Å². The molecule has 3 rings (SSSR count). The first-order chi connectivity index (χ1) is 9.99. The van der Waals surface area contributed by atoms with Gasteiger partial charge in [0.25, 0.3) is 0 Å².